The summed E-state index contributed by atoms with van der Waals surface area (Å²) in [6.07, 6.45) is 0. The van der Waals surface area contributed by atoms with Crippen LogP contribution in [0.2, 0.25) is 0 Å². The van der Waals surface area contributed by atoms with Crippen LogP contribution in [0.15, 0.2) is 24.3 Å². The van der Waals surface area contributed by atoms with Crippen molar-refractivity contribution in [3.8, 4) is 0 Å². The van der Waals surface area contributed by atoms with E-state index in [2.05, 4.69) is 16.8 Å². The van der Waals surface area contributed by atoms with Crippen molar-refractivity contribution in [2.24, 2.45) is 0 Å². The van der Waals surface area contributed by atoms with Gasteiger partial charge in [0.25, 0.3) is 11.6 Å². The average Bonchev–Trinajstić information content (AvgIpc) is 2.92. The number of carbonyl (C=O) groups is 1. The summed E-state index contributed by atoms with van der Waals surface area (Å²) in [5.74, 6) is -0.0736. The van der Waals surface area contributed by atoms with Crippen LogP contribution < -0.4 is 0 Å². The van der Waals surface area contributed by atoms with E-state index in [1.165, 1.54) is 29.1 Å². The number of nitro groups is 1. The lowest BCUT2D eigenvalue weighted by atomic mass is 10.1. The van der Waals surface area contributed by atoms with Gasteiger partial charge in [-0.2, -0.15) is 0 Å². The second kappa shape index (κ2) is 7.28. The SMILES string of the molecule is Cc1nc(CN2CCN(C(=O)c3ccc([N+](=O)[O-])cc3)CC2)sc1C. The molecule has 8 heteroatoms. The number of non-ortho nitro benzene ring substituents is 1. The van der Waals surface area contributed by atoms with Crippen molar-refractivity contribution in [2.75, 3.05) is 26.2 Å². The average molecular weight is 360 g/mol. The maximum atomic E-state index is 12.5. The van der Waals surface area contributed by atoms with Gasteiger partial charge in [0.15, 0.2) is 0 Å². The van der Waals surface area contributed by atoms with Gasteiger partial charge >= 0.3 is 0 Å². The minimum absolute atomic E-state index is 0.00426. The number of hydrogen-bond acceptors (Lipinski definition) is 6. The van der Waals surface area contributed by atoms with E-state index in [0.29, 0.717) is 18.7 Å². The van der Waals surface area contributed by atoms with Crippen molar-refractivity contribution >= 4 is 22.9 Å². The van der Waals surface area contributed by atoms with E-state index in [-0.39, 0.29) is 11.6 Å². The fourth-order valence-corrected chi connectivity index (χ4v) is 3.79. The predicted octanol–water partition coefficient (Wildman–Crippen LogP) is 2.63. The molecule has 1 aromatic heterocycles. The maximum Gasteiger partial charge on any atom is 0.269 e. The molecule has 0 aliphatic carbocycles. The third-order valence-electron chi connectivity index (χ3n) is 4.42. The summed E-state index contributed by atoms with van der Waals surface area (Å²) < 4.78 is 0. The summed E-state index contributed by atoms with van der Waals surface area (Å²) in [7, 11) is 0. The van der Waals surface area contributed by atoms with Crippen molar-refractivity contribution in [1.82, 2.24) is 14.8 Å². The van der Waals surface area contributed by atoms with Crippen LogP contribution >= 0.6 is 11.3 Å². The maximum absolute atomic E-state index is 12.5. The van der Waals surface area contributed by atoms with Gasteiger partial charge in [-0.05, 0) is 26.0 Å². The Balaban J connectivity index is 1.56. The van der Waals surface area contributed by atoms with Gasteiger partial charge in [0.05, 0.1) is 17.2 Å². The third-order valence-corrected chi connectivity index (χ3v) is 5.47. The Labute approximate surface area is 150 Å². The molecule has 1 aliphatic rings. The highest BCUT2D eigenvalue weighted by Gasteiger charge is 2.23. The third kappa shape index (κ3) is 4.02. The molecule has 1 aromatic carbocycles. The van der Waals surface area contributed by atoms with E-state index in [1.54, 1.807) is 16.2 Å². The van der Waals surface area contributed by atoms with E-state index in [9.17, 15) is 14.9 Å². The van der Waals surface area contributed by atoms with Gasteiger partial charge in [0, 0.05) is 48.8 Å². The number of nitro benzene ring substituents is 1. The van der Waals surface area contributed by atoms with Crippen LogP contribution in [0.25, 0.3) is 0 Å². The lowest BCUT2D eigenvalue weighted by Gasteiger charge is -2.34. The number of benzene rings is 1. The molecular formula is C17H20N4O3S. The molecular weight excluding hydrogens is 340 g/mol. The Morgan fingerprint density at radius 3 is 2.36 bits per heavy atom. The normalized spacial score (nSPS) is 15.4. The van der Waals surface area contributed by atoms with Crippen LogP contribution in [0.3, 0.4) is 0 Å². The molecule has 0 unspecified atom stereocenters. The monoisotopic (exact) mass is 360 g/mol. The molecule has 2 aromatic rings. The minimum atomic E-state index is -0.463. The first-order chi connectivity index (χ1) is 11.9. The molecule has 1 aliphatic heterocycles. The number of nitrogens with zero attached hydrogens (tertiary/aromatic N) is 4. The minimum Gasteiger partial charge on any atom is -0.336 e. The molecule has 0 saturated carbocycles. The number of aromatic nitrogens is 1. The first-order valence-corrected chi connectivity index (χ1v) is 8.94. The zero-order chi connectivity index (χ0) is 18.0. The van der Waals surface area contributed by atoms with Gasteiger partial charge in [-0.1, -0.05) is 0 Å². The van der Waals surface area contributed by atoms with E-state index in [0.717, 1.165) is 30.3 Å². The highest BCUT2D eigenvalue weighted by Crippen LogP contribution is 2.19. The van der Waals surface area contributed by atoms with E-state index >= 15 is 0 Å². The van der Waals surface area contributed by atoms with Crippen LogP contribution in [0, 0.1) is 24.0 Å². The Bertz CT molecular complexity index is 760. The molecule has 7 nitrogen and oxygen atoms in total. The highest BCUT2D eigenvalue weighted by molar-refractivity contribution is 7.11. The molecule has 0 spiro atoms. The zero-order valence-electron chi connectivity index (χ0n) is 14.3. The smallest absolute Gasteiger partial charge is 0.269 e. The summed E-state index contributed by atoms with van der Waals surface area (Å²) in [6, 6.07) is 5.79. The first kappa shape index (κ1) is 17.5. The number of thiazole rings is 1. The molecule has 0 N–H and O–H groups in total. The van der Waals surface area contributed by atoms with E-state index in [4.69, 9.17) is 0 Å². The molecule has 132 valence electrons. The van der Waals surface area contributed by atoms with Gasteiger partial charge in [0.2, 0.25) is 0 Å². The second-order valence-corrected chi connectivity index (χ2v) is 7.41. The lowest BCUT2D eigenvalue weighted by Crippen LogP contribution is -2.48. The molecule has 1 saturated heterocycles. The van der Waals surface area contributed by atoms with Crippen LogP contribution in [0.4, 0.5) is 5.69 Å². The fraction of sp³-hybridized carbons (Fsp3) is 0.412. The Morgan fingerprint density at radius 2 is 1.84 bits per heavy atom. The Kier molecular flexibility index (Phi) is 5.10. The molecule has 1 fully saturated rings. The summed E-state index contributed by atoms with van der Waals surface area (Å²) >= 11 is 1.73. The van der Waals surface area contributed by atoms with Crippen molar-refractivity contribution in [2.45, 2.75) is 20.4 Å². The second-order valence-electron chi connectivity index (χ2n) is 6.12. The van der Waals surface area contributed by atoms with Gasteiger partial charge in [-0.15, -0.1) is 11.3 Å². The Hall–Kier alpha value is -2.32. The Morgan fingerprint density at radius 1 is 1.20 bits per heavy atom. The van der Waals surface area contributed by atoms with Crippen molar-refractivity contribution in [1.29, 1.82) is 0 Å². The van der Waals surface area contributed by atoms with Crippen LogP contribution in [-0.2, 0) is 6.54 Å². The summed E-state index contributed by atoms with van der Waals surface area (Å²) in [5, 5.41) is 11.8. The molecule has 3 rings (SSSR count). The van der Waals surface area contributed by atoms with Crippen molar-refractivity contribution in [3.05, 3.63) is 55.5 Å². The topological polar surface area (TPSA) is 79.6 Å². The summed E-state index contributed by atoms with van der Waals surface area (Å²) in [4.78, 5) is 32.7. The van der Waals surface area contributed by atoms with Gasteiger partial charge in [-0.25, -0.2) is 4.98 Å². The molecule has 1 amide bonds. The lowest BCUT2D eigenvalue weighted by molar-refractivity contribution is -0.384. The molecule has 2 heterocycles. The number of amides is 1. The summed E-state index contributed by atoms with van der Waals surface area (Å²) in [5.41, 5.74) is 1.58. The van der Waals surface area contributed by atoms with Gasteiger partial charge in [0.1, 0.15) is 5.01 Å². The largest absolute Gasteiger partial charge is 0.336 e. The summed E-state index contributed by atoms with van der Waals surface area (Å²) in [6.45, 7) is 7.83. The number of aryl methyl sites for hydroxylation is 2. The first-order valence-electron chi connectivity index (χ1n) is 8.13. The highest BCUT2D eigenvalue weighted by atomic mass is 32.1. The van der Waals surface area contributed by atoms with E-state index in [1.807, 2.05) is 6.92 Å². The number of piperazine rings is 1. The van der Waals surface area contributed by atoms with Crippen LogP contribution in [-0.4, -0.2) is 51.8 Å². The molecule has 25 heavy (non-hydrogen) atoms. The van der Waals surface area contributed by atoms with E-state index < -0.39 is 4.92 Å². The number of rotatable bonds is 4. The molecule has 0 atom stereocenters. The zero-order valence-corrected chi connectivity index (χ0v) is 15.1. The fourth-order valence-electron chi connectivity index (χ4n) is 2.82. The van der Waals surface area contributed by atoms with Gasteiger partial charge in [-0.3, -0.25) is 19.8 Å². The van der Waals surface area contributed by atoms with Crippen molar-refractivity contribution in [3.63, 3.8) is 0 Å². The van der Waals surface area contributed by atoms with Gasteiger partial charge < -0.3 is 4.90 Å². The van der Waals surface area contributed by atoms with Crippen molar-refractivity contribution < 1.29 is 9.72 Å². The predicted molar refractivity (Wildman–Crippen MR) is 95.9 cm³/mol. The van der Waals surface area contributed by atoms with Crippen LogP contribution in [0.1, 0.15) is 25.9 Å². The number of hydrogen-bond donors (Lipinski definition) is 0. The van der Waals surface area contributed by atoms with Crippen LogP contribution in [0.5, 0.6) is 0 Å². The standard InChI is InChI=1S/C17H20N4O3S/c1-12-13(2)25-16(18-12)11-19-7-9-20(10-8-19)17(22)14-3-5-15(6-4-14)21(23)24/h3-6H,7-11H2,1-2H3. The molecule has 0 bridgehead atoms. The number of carbonyl (C=O) groups excluding carboxylic acids is 1. The molecule has 0 radical (unpaired) electrons. The quantitative estimate of drug-likeness (QED) is 0.618.